The van der Waals surface area contributed by atoms with Gasteiger partial charge in [-0.3, -0.25) is 4.79 Å². The zero-order valence-electron chi connectivity index (χ0n) is 11.6. The van der Waals surface area contributed by atoms with E-state index >= 15 is 0 Å². The maximum Gasteiger partial charge on any atom is 0.222 e. The summed E-state index contributed by atoms with van der Waals surface area (Å²) in [7, 11) is 0. The Hall–Kier alpha value is -0.530. The van der Waals surface area contributed by atoms with Crippen molar-refractivity contribution >= 4 is 5.91 Å². The minimum atomic E-state index is 0.174. The van der Waals surface area contributed by atoms with E-state index < -0.39 is 0 Å². The van der Waals surface area contributed by atoms with Crippen LogP contribution in [0.4, 0.5) is 0 Å². The molecule has 0 saturated carbocycles. The van der Waals surface area contributed by atoms with Crippen LogP contribution < -0.4 is 0 Å². The van der Waals surface area contributed by atoms with Crippen LogP contribution in [0.15, 0.2) is 0 Å². The first-order valence-electron chi connectivity index (χ1n) is 6.52. The molecule has 1 heterocycles. The SMILES string of the molecule is CC(C)(C)C(C)(C)CN1CCCCCC1=O. The summed E-state index contributed by atoms with van der Waals surface area (Å²) in [6.07, 6.45) is 4.20. The maximum absolute atomic E-state index is 11.9. The molecule has 2 nitrogen and oxygen atoms in total. The number of amides is 1. The smallest absolute Gasteiger partial charge is 0.222 e. The van der Waals surface area contributed by atoms with Crippen molar-refractivity contribution in [3.8, 4) is 0 Å². The molecule has 0 aromatic carbocycles. The van der Waals surface area contributed by atoms with E-state index in [1.807, 2.05) is 0 Å². The van der Waals surface area contributed by atoms with Crippen LogP contribution in [0.25, 0.3) is 0 Å². The van der Waals surface area contributed by atoms with Crippen molar-refractivity contribution in [2.75, 3.05) is 13.1 Å². The molecule has 1 amide bonds. The largest absolute Gasteiger partial charge is 0.342 e. The van der Waals surface area contributed by atoms with Crippen molar-refractivity contribution in [2.45, 2.75) is 60.3 Å². The second kappa shape index (κ2) is 4.77. The molecule has 1 aliphatic heterocycles. The number of likely N-dealkylation sites (tertiary alicyclic amines) is 1. The molecular formula is C14H27NO. The van der Waals surface area contributed by atoms with Gasteiger partial charge in [0.2, 0.25) is 5.91 Å². The first-order valence-corrected chi connectivity index (χ1v) is 6.52. The van der Waals surface area contributed by atoms with Crippen LogP contribution in [-0.4, -0.2) is 23.9 Å². The molecule has 0 atom stereocenters. The van der Waals surface area contributed by atoms with Gasteiger partial charge in [0.25, 0.3) is 0 Å². The van der Waals surface area contributed by atoms with E-state index in [-0.39, 0.29) is 10.8 Å². The lowest BCUT2D eigenvalue weighted by Crippen LogP contribution is -2.44. The second-order valence-electron chi connectivity index (χ2n) is 6.76. The first-order chi connectivity index (χ1) is 7.24. The molecule has 0 aliphatic carbocycles. The molecule has 1 saturated heterocycles. The third-order valence-corrected chi connectivity index (χ3v) is 4.29. The number of rotatable bonds is 2. The molecular weight excluding hydrogens is 198 g/mol. The molecule has 1 fully saturated rings. The van der Waals surface area contributed by atoms with Crippen molar-refractivity contribution in [3.05, 3.63) is 0 Å². The van der Waals surface area contributed by atoms with E-state index in [2.05, 4.69) is 39.5 Å². The highest BCUT2D eigenvalue weighted by Gasteiger charge is 2.35. The predicted molar refractivity (Wildman–Crippen MR) is 68.3 cm³/mol. The molecule has 0 N–H and O–H groups in total. The summed E-state index contributed by atoms with van der Waals surface area (Å²) in [4.78, 5) is 14.0. The molecule has 16 heavy (non-hydrogen) atoms. The molecule has 94 valence electrons. The molecule has 0 radical (unpaired) electrons. The quantitative estimate of drug-likeness (QED) is 0.704. The summed E-state index contributed by atoms with van der Waals surface area (Å²) in [5.41, 5.74) is 0.409. The third kappa shape index (κ3) is 3.23. The normalized spacial score (nSPS) is 19.8. The average Bonchev–Trinajstić information content (AvgIpc) is 2.30. The topological polar surface area (TPSA) is 20.3 Å². The summed E-state index contributed by atoms with van der Waals surface area (Å²) >= 11 is 0. The number of carbonyl (C=O) groups is 1. The lowest BCUT2D eigenvalue weighted by molar-refractivity contribution is -0.133. The van der Waals surface area contributed by atoms with Gasteiger partial charge in [0.15, 0.2) is 0 Å². The average molecular weight is 225 g/mol. The predicted octanol–water partition coefficient (Wildman–Crippen LogP) is 3.46. The summed E-state index contributed by atoms with van der Waals surface area (Å²) in [5, 5.41) is 0. The highest BCUT2D eigenvalue weighted by Crippen LogP contribution is 2.38. The van der Waals surface area contributed by atoms with E-state index in [9.17, 15) is 4.79 Å². The fourth-order valence-corrected chi connectivity index (χ4v) is 1.92. The van der Waals surface area contributed by atoms with Gasteiger partial charge >= 0.3 is 0 Å². The van der Waals surface area contributed by atoms with Crippen molar-refractivity contribution < 1.29 is 4.79 Å². The zero-order valence-corrected chi connectivity index (χ0v) is 11.6. The minimum absolute atomic E-state index is 0.174. The Kier molecular flexibility index (Phi) is 4.03. The van der Waals surface area contributed by atoms with Gasteiger partial charge in [-0.1, -0.05) is 41.0 Å². The summed E-state index contributed by atoms with van der Waals surface area (Å²) in [5.74, 6) is 0.356. The third-order valence-electron chi connectivity index (χ3n) is 4.29. The highest BCUT2D eigenvalue weighted by atomic mass is 16.2. The van der Waals surface area contributed by atoms with Gasteiger partial charge < -0.3 is 4.90 Å². The van der Waals surface area contributed by atoms with Gasteiger partial charge in [-0.15, -0.1) is 0 Å². The number of hydrogen-bond donors (Lipinski definition) is 0. The van der Waals surface area contributed by atoms with E-state index in [0.717, 1.165) is 25.9 Å². The van der Waals surface area contributed by atoms with Crippen LogP contribution in [-0.2, 0) is 4.79 Å². The Balaban J connectivity index is 2.67. The molecule has 0 bridgehead atoms. The van der Waals surface area contributed by atoms with Crippen LogP contribution in [0.1, 0.15) is 60.3 Å². The Morgan fingerprint density at radius 3 is 2.25 bits per heavy atom. The van der Waals surface area contributed by atoms with E-state index in [0.29, 0.717) is 5.91 Å². The monoisotopic (exact) mass is 225 g/mol. The van der Waals surface area contributed by atoms with E-state index in [1.165, 1.54) is 12.8 Å². The number of carbonyl (C=O) groups excluding carboxylic acids is 1. The number of hydrogen-bond acceptors (Lipinski definition) is 1. The Morgan fingerprint density at radius 2 is 1.69 bits per heavy atom. The summed E-state index contributed by atoms with van der Waals surface area (Å²) in [6.45, 7) is 13.2. The van der Waals surface area contributed by atoms with Crippen LogP contribution in [0, 0.1) is 10.8 Å². The van der Waals surface area contributed by atoms with E-state index in [1.54, 1.807) is 0 Å². The Morgan fingerprint density at radius 1 is 1.06 bits per heavy atom. The first kappa shape index (κ1) is 13.5. The van der Waals surface area contributed by atoms with Gasteiger partial charge in [-0.05, 0) is 23.7 Å². The lowest BCUT2D eigenvalue weighted by atomic mass is 9.69. The molecule has 0 aromatic rings. The lowest BCUT2D eigenvalue weighted by Gasteiger charge is -2.42. The fourth-order valence-electron chi connectivity index (χ4n) is 1.92. The molecule has 2 heteroatoms. The van der Waals surface area contributed by atoms with E-state index in [4.69, 9.17) is 0 Å². The van der Waals surface area contributed by atoms with Gasteiger partial charge in [0, 0.05) is 19.5 Å². The van der Waals surface area contributed by atoms with Crippen molar-refractivity contribution in [1.29, 1.82) is 0 Å². The van der Waals surface area contributed by atoms with Crippen molar-refractivity contribution in [1.82, 2.24) is 4.90 Å². The Labute approximate surface area is 100 Å². The van der Waals surface area contributed by atoms with Crippen LogP contribution >= 0.6 is 0 Å². The summed E-state index contributed by atoms with van der Waals surface area (Å²) in [6, 6.07) is 0. The fraction of sp³-hybridized carbons (Fsp3) is 0.929. The van der Waals surface area contributed by atoms with Gasteiger partial charge in [0.1, 0.15) is 0 Å². The molecule has 0 aromatic heterocycles. The molecule has 0 unspecified atom stereocenters. The minimum Gasteiger partial charge on any atom is -0.342 e. The van der Waals surface area contributed by atoms with Gasteiger partial charge in [-0.2, -0.15) is 0 Å². The second-order valence-corrected chi connectivity index (χ2v) is 6.76. The zero-order chi connectivity index (χ0) is 12.4. The van der Waals surface area contributed by atoms with Gasteiger partial charge in [-0.25, -0.2) is 0 Å². The van der Waals surface area contributed by atoms with Crippen LogP contribution in [0.3, 0.4) is 0 Å². The highest BCUT2D eigenvalue weighted by molar-refractivity contribution is 5.76. The Bertz CT molecular complexity index is 250. The number of nitrogens with zero attached hydrogens (tertiary/aromatic N) is 1. The standard InChI is InChI=1S/C14H27NO/c1-13(2,3)14(4,5)11-15-10-8-6-7-9-12(15)16/h6-11H2,1-5H3. The maximum atomic E-state index is 11.9. The van der Waals surface area contributed by atoms with Crippen molar-refractivity contribution in [3.63, 3.8) is 0 Å². The van der Waals surface area contributed by atoms with Crippen molar-refractivity contribution in [2.24, 2.45) is 10.8 Å². The summed E-state index contributed by atoms with van der Waals surface area (Å²) < 4.78 is 0. The molecule has 1 aliphatic rings. The van der Waals surface area contributed by atoms with Crippen LogP contribution in [0.5, 0.6) is 0 Å². The van der Waals surface area contributed by atoms with Crippen LogP contribution in [0.2, 0.25) is 0 Å². The molecule has 1 rings (SSSR count). The molecule has 0 spiro atoms. The van der Waals surface area contributed by atoms with Gasteiger partial charge in [0.05, 0.1) is 0 Å².